The molecular weight excluding hydrogens is 188 g/mol. The molecule has 80 valence electrons. The predicted octanol–water partition coefficient (Wildman–Crippen LogP) is 1.24. The summed E-state index contributed by atoms with van der Waals surface area (Å²) in [6.45, 7) is 0.884. The Labute approximate surface area is 89.5 Å². The van der Waals surface area contributed by atoms with Crippen LogP contribution in [0.2, 0.25) is 0 Å². The van der Waals surface area contributed by atoms with E-state index < -0.39 is 0 Å². The molecule has 3 heteroatoms. The molecule has 3 rings (SSSR count). The molecular formula is C12H16N2O. The van der Waals surface area contributed by atoms with Gasteiger partial charge in [0, 0.05) is 18.6 Å². The quantitative estimate of drug-likeness (QED) is 0.668. The lowest BCUT2D eigenvalue weighted by Crippen LogP contribution is -2.47. The summed E-state index contributed by atoms with van der Waals surface area (Å²) in [4.78, 5) is 2.29. The van der Waals surface area contributed by atoms with Crippen molar-refractivity contribution in [1.82, 2.24) is 0 Å². The molecule has 1 aromatic carbocycles. The van der Waals surface area contributed by atoms with Gasteiger partial charge in [-0.2, -0.15) is 0 Å². The summed E-state index contributed by atoms with van der Waals surface area (Å²) >= 11 is 0. The Kier molecular flexibility index (Phi) is 1.89. The highest BCUT2D eigenvalue weighted by molar-refractivity contribution is 5.68. The Morgan fingerprint density at radius 2 is 2.20 bits per heavy atom. The number of piperidine rings is 1. The van der Waals surface area contributed by atoms with Crippen molar-refractivity contribution in [1.29, 1.82) is 0 Å². The van der Waals surface area contributed by atoms with Crippen LogP contribution in [0.3, 0.4) is 0 Å². The second-order valence-electron chi connectivity index (χ2n) is 4.63. The van der Waals surface area contributed by atoms with Crippen LogP contribution < -0.4 is 10.6 Å². The number of rotatable bonds is 0. The fourth-order valence-electron chi connectivity index (χ4n) is 2.87. The van der Waals surface area contributed by atoms with Gasteiger partial charge in [0.2, 0.25) is 0 Å². The van der Waals surface area contributed by atoms with E-state index in [-0.39, 0.29) is 6.04 Å². The van der Waals surface area contributed by atoms with Crippen LogP contribution in [0.4, 0.5) is 5.69 Å². The first-order chi connectivity index (χ1) is 7.25. The maximum Gasteiger partial charge on any atom is 0.139 e. The van der Waals surface area contributed by atoms with E-state index in [4.69, 9.17) is 5.73 Å². The average Bonchev–Trinajstić information content (AvgIpc) is 2.57. The summed E-state index contributed by atoms with van der Waals surface area (Å²) in [6, 6.07) is 6.62. The molecule has 3 N–H and O–H groups in total. The zero-order valence-electron chi connectivity index (χ0n) is 8.69. The average molecular weight is 204 g/mol. The number of fused-ring (bicyclic) bond motifs is 3. The zero-order chi connectivity index (χ0) is 10.4. The van der Waals surface area contributed by atoms with E-state index in [0.29, 0.717) is 11.8 Å². The van der Waals surface area contributed by atoms with Crippen molar-refractivity contribution >= 4 is 5.69 Å². The van der Waals surface area contributed by atoms with Crippen molar-refractivity contribution in [2.45, 2.75) is 31.3 Å². The van der Waals surface area contributed by atoms with Gasteiger partial charge in [-0.3, -0.25) is 0 Å². The SMILES string of the molecule is NC1CCC2Cc3cccc(O)c3N2C1. The number of para-hydroxylation sites is 1. The van der Waals surface area contributed by atoms with Crippen LogP contribution in [-0.4, -0.2) is 23.7 Å². The van der Waals surface area contributed by atoms with E-state index in [9.17, 15) is 5.11 Å². The van der Waals surface area contributed by atoms with Gasteiger partial charge >= 0.3 is 0 Å². The summed E-state index contributed by atoms with van der Waals surface area (Å²) in [6.07, 6.45) is 3.32. The highest BCUT2D eigenvalue weighted by atomic mass is 16.3. The number of nitrogens with zero attached hydrogens (tertiary/aromatic N) is 1. The summed E-state index contributed by atoms with van der Waals surface area (Å²) in [7, 11) is 0. The van der Waals surface area contributed by atoms with Gasteiger partial charge in [-0.1, -0.05) is 12.1 Å². The number of aromatic hydroxyl groups is 1. The number of benzene rings is 1. The maximum atomic E-state index is 9.87. The fourth-order valence-corrected chi connectivity index (χ4v) is 2.87. The van der Waals surface area contributed by atoms with Crippen molar-refractivity contribution in [3.63, 3.8) is 0 Å². The van der Waals surface area contributed by atoms with Crippen molar-refractivity contribution in [3.8, 4) is 5.75 Å². The number of hydrogen-bond donors (Lipinski definition) is 2. The molecule has 1 fully saturated rings. The Hall–Kier alpha value is -1.22. The van der Waals surface area contributed by atoms with Crippen molar-refractivity contribution < 1.29 is 5.11 Å². The highest BCUT2D eigenvalue weighted by Gasteiger charge is 2.35. The summed E-state index contributed by atoms with van der Waals surface area (Å²) in [5.41, 5.74) is 8.27. The molecule has 2 aliphatic heterocycles. The topological polar surface area (TPSA) is 49.5 Å². The molecule has 0 radical (unpaired) electrons. The molecule has 2 aliphatic rings. The van der Waals surface area contributed by atoms with Crippen LogP contribution in [0.1, 0.15) is 18.4 Å². The molecule has 2 heterocycles. The lowest BCUT2D eigenvalue weighted by Gasteiger charge is -2.35. The van der Waals surface area contributed by atoms with E-state index >= 15 is 0 Å². The van der Waals surface area contributed by atoms with Crippen LogP contribution in [0.15, 0.2) is 18.2 Å². The summed E-state index contributed by atoms with van der Waals surface area (Å²) in [5, 5.41) is 9.87. The molecule has 1 aromatic rings. The Balaban J connectivity index is 2.02. The second-order valence-corrected chi connectivity index (χ2v) is 4.63. The molecule has 0 bridgehead atoms. The van der Waals surface area contributed by atoms with E-state index in [2.05, 4.69) is 11.0 Å². The molecule has 2 unspecified atom stereocenters. The lowest BCUT2D eigenvalue weighted by molar-refractivity contribution is 0.425. The van der Waals surface area contributed by atoms with Gasteiger partial charge in [-0.05, 0) is 30.9 Å². The Morgan fingerprint density at radius 1 is 1.33 bits per heavy atom. The third-order valence-corrected chi connectivity index (χ3v) is 3.58. The minimum Gasteiger partial charge on any atom is -0.506 e. The number of anilines is 1. The molecule has 1 saturated heterocycles. The first-order valence-corrected chi connectivity index (χ1v) is 5.59. The Morgan fingerprint density at radius 3 is 3.07 bits per heavy atom. The van der Waals surface area contributed by atoms with Crippen LogP contribution in [0, 0.1) is 0 Å². The van der Waals surface area contributed by atoms with Gasteiger partial charge in [0.1, 0.15) is 5.75 Å². The van der Waals surface area contributed by atoms with E-state index in [1.807, 2.05) is 6.07 Å². The number of phenols is 1. The normalized spacial score (nSPS) is 28.7. The van der Waals surface area contributed by atoms with Gasteiger partial charge in [-0.15, -0.1) is 0 Å². The van der Waals surface area contributed by atoms with Gasteiger partial charge in [0.15, 0.2) is 0 Å². The van der Waals surface area contributed by atoms with Crippen LogP contribution in [0.25, 0.3) is 0 Å². The number of phenolic OH excluding ortho intramolecular Hbond substituents is 1. The lowest BCUT2D eigenvalue weighted by atomic mass is 9.99. The van der Waals surface area contributed by atoms with Crippen LogP contribution >= 0.6 is 0 Å². The molecule has 2 atom stereocenters. The molecule has 0 spiro atoms. The maximum absolute atomic E-state index is 9.87. The van der Waals surface area contributed by atoms with E-state index in [1.54, 1.807) is 6.07 Å². The molecule has 0 aliphatic carbocycles. The van der Waals surface area contributed by atoms with Gasteiger partial charge in [0.25, 0.3) is 0 Å². The van der Waals surface area contributed by atoms with Crippen LogP contribution in [0.5, 0.6) is 5.75 Å². The number of hydrogen-bond acceptors (Lipinski definition) is 3. The number of nitrogens with two attached hydrogens (primary N) is 1. The van der Waals surface area contributed by atoms with Crippen molar-refractivity contribution in [2.24, 2.45) is 5.73 Å². The molecule has 0 amide bonds. The van der Waals surface area contributed by atoms with Gasteiger partial charge in [-0.25, -0.2) is 0 Å². The predicted molar refractivity (Wildman–Crippen MR) is 60.2 cm³/mol. The molecule has 0 saturated carbocycles. The first-order valence-electron chi connectivity index (χ1n) is 5.59. The van der Waals surface area contributed by atoms with Gasteiger partial charge < -0.3 is 15.7 Å². The van der Waals surface area contributed by atoms with Crippen molar-refractivity contribution in [3.05, 3.63) is 23.8 Å². The molecule has 3 nitrogen and oxygen atoms in total. The van der Waals surface area contributed by atoms with Gasteiger partial charge in [0.05, 0.1) is 5.69 Å². The van der Waals surface area contributed by atoms with E-state index in [0.717, 1.165) is 31.5 Å². The largest absolute Gasteiger partial charge is 0.506 e. The van der Waals surface area contributed by atoms with Crippen LogP contribution in [-0.2, 0) is 6.42 Å². The molecule has 15 heavy (non-hydrogen) atoms. The van der Waals surface area contributed by atoms with E-state index in [1.165, 1.54) is 5.56 Å². The minimum atomic E-state index is 0.256. The summed E-state index contributed by atoms with van der Waals surface area (Å²) < 4.78 is 0. The monoisotopic (exact) mass is 204 g/mol. The standard InChI is InChI=1S/C12H16N2O/c13-9-4-5-10-6-8-2-1-3-11(15)12(8)14(10)7-9/h1-3,9-10,15H,4-7,13H2. The fraction of sp³-hybridized carbons (Fsp3) is 0.500. The smallest absolute Gasteiger partial charge is 0.139 e. The zero-order valence-corrected chi connectivity index (χ0v) is 8.69. The third kappa shape index (κ3) is 1.30. The highest BCUT2D eigenvalue weighted by Crippen LogP contribution is 2.42. The summed E-state index contributed by atoms with van der Waals surface area (Å²) in [5.74, 6) is 0.407. The first kappa shape index (κ1) is 9.04. The minimum absolute atomic E-state index is 0.256. The third-order valence-electron chi connectivity index (χ3n) is 3.58. The van der Waals surface area contributed by atoms with Crippen molar-refractivity contribution in [2.75, 3.05) is 11.4 Å². The second kappa shape index (κ2) is 3.14. The Bertz CT molecular complexity index is 391. The molecule has 0 aromatic heterocycles.